The molecule has 512 valence electrons. The van der Waals surface area contributed by atoms with Crippen molar-refractivity contribution in [2.75, 3.05) is 6.61 Å². The number of ketones is 3. The van der Waals surface area contributed by atoms with Crippen molar-refractivity contribution in [3.05, 3.63) is 119 Å². The Morgan fingerprint density at radius 2 is 0.895 bits per heavy atom. The number of ether oxygens (including phenoxy) is 4. The van der Waals surface area contributed by atoms with Gasteiger partial charge in [-0.2, -0.15) is 29.5 Å². The summed E-state index contributed by atoms with van der Waals surface area (Å²) in [7, 11) is 5.00. The Kier molecular flexibility index (Phi) is 20.0. The van der Waals surface area contributed by atoms with Gasteiger partial charge in [0.2, 0.25) is 4.29 Å². The second-order valence-corrected chi connectivity index (χ2v) is 24.0. The van der Waals surface area contributed by atoms with Crippen LogP contribution in [0.15, 0.2) is 97.1 Å². The summed E-state index contributed by atoms with van der Waals surface area (Å²) >= 11 is 0. The van der Waals surface area contributed by atoms with Crippen LogP contribution in [-0.2, 0) is 36.6 Å². The number of fused-ring (bicyclic) bond motifs is 20. The molecule has 0 spiro atoms. The number of carbonyl (C=O) groups is 3. The molecule has 0 amide bonds. The molecule has 18 N–H and O–H groups in total. The van der Waals surface area contributed by atoms with E-state index in [4.69, 9.17) is 52.6 Å². The summed E-state index contributed by atoms with van der Waals surface area (Å²) in [5.74, 6) is -0.216. The number of rotatable bonds is 5. The summed E-state index contributed by atoms with van der Waals surface area (Å²) in [5.41, 5.74) is 11.7. The fourth-order valence-electron chi connectivity index (χ4n) is 13.5. The average molecular weight is 1380 g/mol. The van der Waals surface area contributed by atoms with E-state index >= 15 is 0 Å². The molecule has 4 aliphatic heterocycles. The third-order valence-electron chi connectivity index (χ3n) is 18.4. The lowest BCUT2D eigenvalue weighted by atomic mass is 9.96. The number of para-hydroxylation sites is 4. The van der Waals surface area contributed by atoms with Crippen LogP contribution in [-0.4, -0.2) is 239 Å². The number of aromatic nitrogens is 4. The van der Waals surface area contributed by atoms with Crippen LogP contribution in [0.4, 0.5) is 0 Å². The molecule has 0 bridgehead atoms. The zero-order chi connectivity index (χ0) is 73.7. The topological polar surface area (TPSA) is 444 Å². The van der Waals surface area contributed by atoms with Gasteiger partial charge in [-0.1, -0.05) is 72.8 Å². The normalized spacial score (nSPS) is 31.7. The van der Waals surface area contributed by atoms with Gasteiger partial charge in [0, 0.05) is 83.6 Å². The van der Waals surface area contributed by atoms with Gasteiger partial charge in [0.05, 0.1) is 50.2 Å². The van der Waals surface area contributed by atoms with Crippen LogP contribution >= 0.6 is 29.5 Å². The van der Waals surface area contributed by atoms with E-state index in [1.807, 2.05) is 65.2 Å². The molecule has 0 radical (unpaired) electrons. The number of nitrogens with zero attached hydrogens (tertiary/aromatic N) is 1. The molecule has 10 aromatic rings. The molecule has 22 atom stereocenters. The maximum Gasteiger partial charge on any atom is 0.213 e. The predicted octanol–water partition coefficient (Wildman–Crippen LogP) is 1.42. The maximum absolute atomic E-state index is 13.2. The highest BCUT2D eigenvalue weighted by Gasteiger charge is 2.46. The van der Waals surface area contributed by atoms with Gasteiger partial charge in [0.25, 0.3) is 0 Å². The van der Waals surface area contributed by atoms with Crippen molar-refractivity contribution in [2.24, 2.45) is 0 Å². The minimum absolute atomic E-state index is 0.115. The number of hydrogen-bond donors (Lipinski definition) is 18. The standard InChI is InChI=1S/C27H24N2O5.C21H14N2O.C6H12O6.C6H12O5.C6H10O5.3H3P/c1-12-24(31)25(32)26(33)27(34-12)29-17-9-5-3-7-14(17)21-20-15(10-11-18(20)30)19-13-6-2-4-8-16(13)28-22(19)23(21)29;24-16-10-9-13-17-11-5-1-3-7-14(11)22-20(17)21-19(18(13)16)12-6-2-4-8-15(12)23-21;7-1-2-3(8)4(9)5(10)6(11)12-2;2*1-2-3(7)4(8)5(9)6(10)11-2;;;/h2-9,12,24-28,31-33H,10-11H2,1H3;1-8,22-23H,9-10H2;2-11H,1H2;2-10H,1H3;2,4-6,8-10H,1H3;3*1H3/t12?,24-,25-,26?,27-;;2?,3-,4+,5?,6+;2?,3-,4-,5?,6-;2?,4-,5?,6-;;;/m0.100.../s1/i;;11T;2*10T;3*1D. The highest BCUT2D eigenvalue weighted by atomic mass is 31.0. The first-order chi connectivity index (χ1) is 48.6. The van der Waals surface area contributed by atoms with E-state index in [1.54, 1.807) is 36.5 Å². The zero-order valence-corrected chi connectivity index (χ0v) is 54.8. The van der Waals surface area contributed by atoms with E-state index in [1.165, 1.54) is 30.2 Å². The molecule has 2 aliphatic carbocycles. The lowest BCUT2D eigenvalue weighted by Gasteiger charge is -2.40. The molecule has 6 aliphatic rings. The number of aryl methyl sites for hydroxylation is 2. The average Bonchev–Trinajstić information content (AvgIpc) is 1.54. The van der Waals surface area contributed by atoms with Gasteiger partial charge in [-0.15, -0.1) is 0 Å². The lowest BCUT2D eigenvalue weighted by Crippen LogP contribution is -2.58. The van der Waals surface area contributed by atoms with Gasteiger partial charge < -0.3 is 115 Å². The summed E-state index contributed by atoms with van der Waals surface area (Å²) in [6.45, 7) is 4.10. The molecule has 0 saturated carbocycles. The van der Waals surface area contributed by atoms with Gasteiger partial charge in [-0.3, -0.25) is 14.4 Å². The second kappa shape index (κ2) is 29.2. The van der Waals surface area contributed by atoms with Gasteiger partial charge in [-0.25, -0.2) is 0 Å². The van der Waals surface area contributed by atoms with Crippen molar-refractivity contribution < 1.29 is 110 Å². The molecule has 26 nitrogen and oxygen atoms in total. The Morgan fingerprint density at radius 1 is 0.474 bits per heavy atom. The van der Waals surface area contributed by atoms with Crippen molar-refractivity contribution >= 4 is 134 Å². The highest BCUT2D eigenvalue weighted by Crippen LogP contribution is 2.48. The van der Waals surface area contributed by atoms with Gasteiger partial charge in [0.15, 0.2) is 42.4 Å². The first-order valence-electron chi connectivity index (χ1n) is 33.1. The number of H-pyrrole nitrogens is 3. The number of benzene rings is 6. The monoisotopic (exact) mass is 1380 g/mol. The van der Waals surface area contributed by atoms with Crippen LogP contribution in [0.2, 0.25) is 0 Å². The van der Waals surface area contributed by atoms with Crippen molar-refractivity contribution in [1.29, 1.82) is 8.13 Å². The zero-order valence-electron chi connectivity index (χ0n) is 57.4. The molecular weight excluding hydrogens is 1290 g/mol. The molecule has 95 heavy (non-hydrogen) atoms. The van der Waals surface area contributed by atoms with Crippen molar-refractivity contribution in [3.63, 3.8) is 0 Å². The van der Waals surface area contributed by atoms with E-state index in [9.17, 15) is 50.1 Å². The van der Waals surface area contributed by atoms with E-state index in [0.29, 0.717) is 19.3 Å². The van der Waals surface area contributed by atoms with E-state index in [-0.39, 0.29) is 11.6 Å². The van der Waals surface area contributed by atoms with Crippen molar-refractivity contribution in [3.8, 4) is 0 Å². The molecule has 11 unspecified atom stereocenters. The first-order valence-corrected chi connectivity index (χ1v) is 30.2. The summed E-state index contributed by atoms with van der Waals surface area (Å²) < 4.78 is 58.8. The van der Waals surface area contributed by atoms with E-state index < -0.39 is 129 Å². The Labute approximate surface area is 558 Å². The number of aliphatic hydroxyl groups excluding tert-OH is 15. The largest absolute Gasteiger partial charge is 0.394 e. The van der Waals surface area contributed by atoms with Gasteiger partial charge in [0.1, 0.15) is 79.4 Å². The number of carbonyl (C=O) groups excluding carboxylic acids is 3. The number of Topliss-reactive ketones (excluding diaryl/α,β-unsaturated/α-hetero) is 3. The summed E-state index contributed by atoms with van der Waals surface area (Å²) in [6.07, 6.45) is -20.5. The number of aromatic amines is 3. The molecule has 6 aromatic carbocycles. The predicted molar refractivity (Wildman–Crippen MR) is 364 cm³/mol. The number of hydrogen-bond acceptors (Lipinski definition) is 22. The SMILES string of the molecule is CC1O[C@H](n2c3ccccc3c3c4c(c5c6ccccc6[nH]c5c32)CCC4=O)C(O)[C@@H](O)[C@H]1O.O=C1CCc2c1c1c3ccccc3[nH]c1c1[nH]c3ccccc3c21.[2H]P.[2H]P.[2H]P.[3H]O[C@H]1OC(C)C(=O)[C@H](O)C1O.[3H]O[C@H]1OC(C)[C@H](O)[C@H](O)C1O.[3H]O[C@H]1OC(CO)[C@@H](O)[C@H](O)C1O. The summed E-state index contributed by atoms with van der Waals surface area (Å²) in [6, 6.07) is 32.4. The maximum atomic E-state index is 13.2. The quantitative estimate of drug-likeness (QED) is 0.108. The first kappa shape index (κ1) is 65.0. The molecule has 8 heterocycles. The Hall–Kier alpha value is -5.94. The van der Waals surface area contributed by atoms with Crippen LogP contribution in [0.25, 0.3) is 87.2 Å². The molecule has 4 saturated heterocycles. The van der Waals surface area contributed by atoms with Crippen molar-refractivity contribution in [2.45, 2.75) is 163 Å². The molecule has 16 rings (SSSR count). The van der Waals surface area contributed by atoms with Crippen LogP contribution in [0.5, 0.6) is 0 Å². The Balaban J connectivity index is 0.000000155. The van der Waals surface area contributed by atoms with Gasteiger partial charge in [-0.05, 0) is 69.0 Å². The lowest BCUT2D eigenvalue weighted by molar-refractivity contribution is -0.286. The van der Waals surface area contributed by atoms with Gasteiger partial charge >= 0.3 is 0 Å². The minimum atomic E-state index is -1.52. The van der Waals surface area contributed by atoms with Crippen molar-refractivity contribution in [1.82, 2.24) is 19.5 Å². The van der Waals surface area contributed by atoms with Crippen LogP contribution in [0.3, 0.4) is 0 Å². The third kappa shape index (κ3) is 12.8. The number of nitrogens with one attached hydrogen (secondary N) is 3. The van der Waals surface area contributed by atoms with Crippen LogP contribution in [0.1, 0.15) is 71.7 Å². The fourth-order valence-corrected chi connectivity index (χ4v) is 13.5. The molecular formula is C66H81N4O22P3. The second-order valence-electron chi connectivity index (χ2n) is 24.0. The fraction of sp³-hybridized carbons (Fsp3) is 0.409. The Bertz CT molecular complexity index is 4530. The van der Waals surface area contributed by atoms with Crippen LogP contribution < -0.4 is 0 Å². The Morgan fingerprint density at radius 3 is 1.43 bits per heavy atom. The molecule has 4 aromatic heterocycles. The minimum Gasteiger partial charge on any atom is -0.394 e. The van der Waals surface area contributed by atoms with E-state index in [2.05, 4.69) is 66.7 Å². The van der Waals surface area contributed by atoms with E-state index in [0.717, 1.165) is 99.6 Å². The third-order valence-corrected chi connectivity index (χ3v) is 18.4. The summed E-state index contributed by atoms with van der Waals surface area (Å²) in [5, 5.41) is 134. The summed E-state index contributed by atoms with van der Waals surface area (Å²) in [4.78, 5) is 47.6. The number of aliphatic hydroxyl groups is 15. The highest BCUT2D eigenvalue weighted by molar-refractivity contribution is 6.92. The smallest absolute Gasteiger partial charge is 0.213 e. The van der Waals surface area contributed by atoms with Crippen LogP contribution in [0, 0.1) is 0 Å². The molecule has 4 fully saturated rings. The molecule has 29 heteroatoms.